The third-order valence-electron chi connectivity index (χ3n) is 1.49. The minimum Gasteiger partial charge on any atom is -0.487 e. The zero-order chi connectivity index (χ0) is 10.4. The number of hydrogen-bond acceptors (Lipinski definition) is 2. The van der Waals surface area contributed by atoms with E-state index in [9.17, 15) is 0 Å². The maximum atomic E-state index is 8.74. The van der Waals surface area contributed by atoms with Crippen molar-refractivity contribution in [2.75, 3.05) is 6.61 Å². The van der Waals surface area contributed by atoms with E-state index in [1.54, 1.807) is 24.3 Å². The smallest absolute Gasteiger partial charge is 0.137 e. The van der Waals surface area contributed by atoms with Crippen LogP contribution in [0.5, 0.6) is 5.75 Å². The summed E-state index contributed by atoms with van der Waals surface area (Å²) < 4.78 is 5.27. The van der Waals surface area contributed by atoms with Crippen molar-refractivity contribution in [2.24, 2.45) is 0 Å². The number of benzene rings is 1. The molecule has 0 unspecified atom stereocenters. The Morgan fingerprint density at radius 2 is 2.21 bits per heavy atom. The molecule has 0 saturated carbocycles. The molecule has 2 nitrogen and oxygen atoms in total. The molecule has 72 valence electrons. The van der Waals surface area contributed by atoms with Gasteiger partial charge in [0, 0.05) is 5.54 Å². The summed E-state index contributed by atoms with van der Waals surface area (Å²) in [5.41, 5.74) is 1.71. The van der Waals surface area contributed by atoms with E-state index in [1.165, 1.54) is 5.54 Å². The third-order valence-corrected chi connectivity index (χ3v) is 2.08. The highest BCUT2D eigenvalue weighted by atomic mass is 35.5. The average molecular weight is 228 g/mol. The number of rotatable bonds is 3. The number of para-hydroxylation sites is 1. The van der Waals surface area contributed by atoms with Crippen LogP contribution in [0.4, 0.5) is 0 Å². The lowest BCUT2D eigenvalue weighted by Crippen LogP contribution is -1.98. The summed E-state index contributed by atoms with van der Waals surface area (Å²) in [5.74, 6) is 0.506. The van der Waals surface area contributed by atoms with E-state index in [0.29, 0.717) is 16.3 Å². The highest BCUT2D eigenvalue weighted by Crippen LogP contribution is 2.17. The van der Waals surface area contributed by atoms with E-state index in [4.69, 9.17) is 33.2 Å². The molecule has 0 bridgehead atoms. The second-order valence-corrected chi connectivity index (χ2v) is 3.16. The van der Waals surface area contributed by atoms with Crippen LogP contribution in [-0.2, 0) is 0 Å². The van der Waals surface area contributed by atoms with E-state index in [1.807, 2.05) is 6.07 Å². The summed E-state index contributed by atoms with van der Waals surface area (Å²) in [6, 6.07) is 8.95. The molecule has 1 rings (SSSR count). The molecular weight excluding hydrogens is 221 g/mol. The van der Waals surface area contributed by atoms with Gasteiger partial charge in [-0.15, -0.1) is 0 Å². The van der Waals surface area contributed by atoms with Gasteiger partial charge in [-0.05, 0) is 12.1 Å². The quantitative estimate of drug-likeness (QED) is 0.795. The Hall–Kier alpha value is -1.17. The molecule has 0 atom stereocenters. The van der Waals surface area contributed by atoms with Gasteiger partial charge in [0.1, 0.15) is 18.4 Å². The van der Waals surface area contributed by atoms with Gasteiger partial charge in [-0.25, -0.2) is 0 Å². The Kier molecular flexibility index (Phi) is 4.31. The highest BCUT2D eigenvalue weighted by molar-refractivity contribution is 6.36. The number of ether oxygens (including phenoxy) is 1. The average Bonchev–Trinajstić information content (AvgIpc) is 2.26. The molecule has 14 heavy (non-hydrogen) atoms. The van der Waals surface area contributed by atoms with Crippen molar-refractivity contribution in [2.45, 2.75) is 0 Å². The molecule has 1 aromatic rings. The van der Waals surface area contributed by atoms with Crippen LogP contribution in [0, 0.1) is 11.3 Å². The zero-order valence-corrected chi connectivity index (χ0v) is 8.72. The fourth-order valence-corrected chi connectivity index (χ4v) is 0.981. The lowest BCUT2D eigenvalue weighted by molar-refractivity contribution is 0.358. The maximum Gasteiger partial charge on any atom is 0.137 e. The molecule has 0 aliphatic heterocycles. The monoisotopic (exact) mass is 227 g/mol. The summed E-state index contributed by atoms with van der Waals surface area (Å²) in [4.78, 5) is 0. The Bertz CT molecular complexity index is 382. The van der Waals surface area contributed by atoms with Gasteiger partial charge in [-0.1, -0.05) is 35.3 Å². The molecule has 0 N–H and O–H groups in total. The minimum atomic E-state index is 0.170. The van der Waals surface area contributed by atoms with Gasteiger partial charge in [0.25, 0.3) is 0 Å². The van der Waals surface area contributed by atoms with Crippen LogP contribution in [0.15, 0.2) is 34.8 Å². The fraction of sp³-hybridized carbons (Fsp3) is 0.100. The number of hydrogen-bond donors (Lipinski definition) is 0. The third kappa shape index (κ3) is 2.95. The summed E-state index contributed by atoms with van der Waals surface area (Å²) in [6.07, 6.45) is 0. The van der Waals surface area contributed by atoms with Crippen molar-refractivity contribution in [3.63, 3.8) is 0 Å². The SMILES string of the molecule is N#Cc1ccccc1OCC(Cl)=CCl. The van der Waals surface area contributed by atoms with Gasteiger partial charge in [0.15, 0.2) is 0 Å². The van der Waals surface area contributed by atoms with Gasteiger partial charge >= 0.3 is 0 Å². The summed E-state index contributed by atoms with van der Waals surface area (Å²) in [5, 5.41) is 9.13. The van der Waals surface area contributed by atoms with Crippen LogP contribution in [-0.4, -0.2) is 6.61 Å². The van der Waals surface area contributed by atoms with Crippen LogP contribution in [0.2, 0.25) is 0 Å². The lowest BCUT2D eigenvalue weighted by Gasteiger charge is -2.05. The zero-order valence-electron chi connectivity index (χ0n) is 7.21. The Balaban J connectivity index is 2.73. The van der Waals surface area contributed by atoms with E-state index < -0.39 is 0 Å². The molecule has 0 amide bonds. The van der Waals surface area contributed by atoms with E-state index in [0.717, 1.165) is 0 Å². The van der Waals surface area contributed by atoms with Gasteiger partial charge in [0.2, 0.25) is 0 Å². The van der Waals surface area contributed by atoms with Crippen molar-refractivity contribution in [1.82, 2.24) is 0 Å². The number of nitriles is 1. The molecule has 1 aromatic carbocycles. The van der Waals surface area contributed by atoms with Gasteiger partial charge in [-0.3, -0.25) is 0 Å². The molecule has 4 heteroatoms. The molecule has 0 aliphatic rings. The van der Waals surface area contributed by atoms with Crippen molar-refractivity contribution >= 4 is 23.2 Å². The summed E-state index contributed by atoms with van der Waals surface area (Å²) in [6.45, 7) is 0.170. The molecule has 0 heterocycles. The predicted molar refractivity (Wildman–Crippen MR) is 56.4 cm³/mol. The van der Waals surface area contributed by atoms with Crippen LogP contribution >= 0.6 is 23.2 Å². The topological polar surface area (TPSA) is 33.0 Å². The summed E-state index contributed by atoms with van der Waals surface area (Å²) >= 11 is 11.0. The molecular formula is C10H7Cl2NO. The minimum absolute atomic E-state index is 0.170. The normalized spacial score (nSPS) is 10.8. The second-order valence-electron chi connectivity index (χ2n) is 2.45. The van der Waals surface area contributed by atoms with Crippen molar-refractivity contribution in [1.29, 1.82) is 5.26 Å². The standard InChI is InChI=1S/C10H7Cl2NO/c11-5-9(12)7-14-10-4-2-1-3-8(10)6-13/h1-5H,7H2. The Labute approximate surface area is 92.3 Å². The maximum absolute atomic E-state index is 8.74. The lowest BCUT2D eigenvalue weighted by atomic mass is 10.2. The molecule has 0 aliphatic carbocycles. The Morgan fingerprint density at radius 3 is 2.86 bits per heavy atom. The molecule has 0 aromatic heterocycles. The molecule has 0 spiro atoms. The van der Waals surface area contributed by atoms with Gasteiger partial charge in [-0.2, -0.15) is 5.26 Å². The van der Waals surface area contributed by atoms with Gasteiger partial charge in [0.05, 0.1) is 10.6 Å². The molecule has 0 fully saturated rings. The fourth-order valence-electron chi connectivity index (χ4n) is 0.863. The van der Waals surface area contributed by atoms with Crippen molar-refractivity contribution in [3.8, 4) is 11.8 Å². The predicted octanol–water partition coefficient (Wildman–Crippen LogP) is 3.26. The number of halogens is 2. The largest absolute Gasteiger partial charge is 0.487 e. The van der Waals surface area contributed by atoms with Crippen molar-refractivity contribution < 1.29 is 4.74 Å². The first-order valence-corrected chi connectivity index (χ1v) is 4.66. The van der Waals surface area contributed by atoms with Crippen LogP contribution in [0.25, 0.3) is 0 Å². The van der Waals surface area contributed by atoms with E-state index in [2.05, 4.69) is 0 Å². The Morgan fingerprint density at radius 1 is 1.50 bits per heavy atom. The highest BCUT2D eigenvalue weighted by Gasteiger charge is 2.01. The first-order chi connectivity index (χ1) is 6.77. The first kappa shape index (κ1) is 10.9. The van der Waals surface area contributed by atoms with Crippen molar-refractivity contribution in [3.05, 3.63) is 40.4 Å². The first-order valence-electron chi connectivity index (χ1n) is 3.84. The van der Waals surface area contributed by atoms with E-state index in [-0.39, 0.29) is 6.61 Å². The molecule has 0 saturated heterocycles. The second kappa shape index (κ2) is 5.54. The van der Waals surface area contributed by atoms with Crippen LogP contribution < -0.4 is 4.74 Å². The molecule has 0 radical (unpaired) electrons. The number of nitrogens with zero attached hydrogens (tertiary/aromatic N) is 1. The van der Waals surface area contributed by atoms with Gasteiger partial charge < -0.3 is 4.74 Å². The van der Waals surface area contributed by atoms with Crippen LogP contribution in [0.1, 0.15) is 5.56 Å². The van der Waals surface area contributed by atoms with Crippen LogP contribution in [0.3, 0.4) is 0 Å². The summed E-state index contributed by atoms with van der Waals surface area (Å²) in [7, 11) is 0. The van der Waals surface area contributed by atoms with E-state index >= 15 is 0 Å².